The Balaban J connectivity index is 1.07. The second-order valence-corrected chi connectivity index (χ2v) is 11.6. The number of carbonyl (C=O) groups is 3. The molecule has 1 aromatic heterocycles. The molecule has 1 N–H and O–H groups in total. The van der Waals surface area contributed by atoms with Crippen molar-refractivity contribution in [2.75, 3.05) is 37.6 Å². The number of rotatable bonds is 10. The van der Waals surface area contributed by atoms with E-state index >= 15 is 0 Å². The van der Waals surface area contributed by atoms with Crippen LogP contribution in [0.3, 0.4) is 0 Å². The summed E-state index contributed by atoms with van der Waals surface area (Å²) in [6.07, 6.45) is 12.2. The number of unbranched alkanes of at least 4 members (excludes halogenated alkanes) is 1. The minimum atomic E-state index is -0.833. The number of carbonyl (C=O) groups excluding carboxylic acids is 2. The van der Waals surface area contributed by atoms with Crippen molar-refractivity contribution in [2.24, 2.45) is 11.8 Å². The van der Waals surface area contributed by atoms with Gasteiger partial charge in [-0.1, -0.05) is 44.0 Å². The van der Waals surface area contributed by atoms with Crippen molar-refractivity contribution in [3.8, 4) is 11.4 Å². The lowest BCUT2D eigenvalue weighted by Crippen LogP contribution is -2.53. The summed E-state index contributed by atoms with van der Waals surface area (Å²) in [7, 11) is 0. The molecule has 0 saturated carbocycles. The van der Waals surface area contributed by atoms with Crippen molar-refractivity contribution in [2.45, 2.75) is 70.8 Å². The van der Waals surface area contributed by atoms with Gasteiger partial charge in [0.1, 0.15) is 0 Å². The van der Waals surface area contributed by atoms with Gasteiger partial charge in [-0.15, -0.1) is 0 Å². The van der Waals surface area contributed by atoms with Gasteiger partial charge in [-0.25, -0.2) is 9.97 Å². The number of amides is 2. The molecule has 0 spiro atoms. The van der Waals surface area contributed by atoms with Crippen LogP contribution in [0.15, 0.2) is 36.7 Å². The third-order valence-electron chi connectivity index (χ3n) is 8.86. The third-order valence-corrected chi connectivity index (χ3v) is 8.86. The number of aromatic nitrogens is 2. The van der Waals surface area contributed by atoms with E-state index in [4.69, 9.17) is 5.11 Å². The molecule has 1 atom stereocenters. The van der Waals surface area contributed by atoms with Gasteiger partial charge in [0.15, 0.2) is 5.82 Å². The molecule has 2 amide bonds. The number of carboxylic acid groups (broad SMARTS) is 1. The smallest absolute Gasteiger partial charge is 0.310 e. The summed E-state index contributed by atoms with van der Waals surface area (Å²) < 4.78 is 0. The summed E-state index contributed by atoms with van der Waals surface area (Å²) in [6, 6.07) is 8.29. The van der Waals surface area contributed by atoms with Crippen LogP contribution in [0.4, 0.5) is 5.69 Å². The molecular formula is C31H41N5O4. The van der Waals surface area contributed by atoms with Crippen molar-refractivity contribution in [3.63, 3.8) is 0 Å². The van der Waals surface area contributed by atoms with Gasteiger partial charge in [0, 0.05) is 57.2 Å². The fraction of sp³-hybridized carbons (Fsp3) is 0.581. The molecule has 0 radical (unpaired) electrons. The molecule has 3 fully saturated rings. The molecule has 2 aromatic rings. The van der Waals surface area contributed by atoms with E-state index in [9.17, 15) is 14.4 Å². The van der Waals surface area contributed by atoms with Crippen LogP contribution in [0.25, 0.3) is 11.4 Å². The zero-order valence-electron chi connectivity index (χ0n) is 23.5. The van der Waals surface area contributed by atoms with Crippen LogP contribution in [0.1, 0.15) is 63.9 Å². The van der Waals surface area contributed by atoms with E-state index in [1.165, 1.54) is 19.3 Å². The fourth-order valence-corrected chi connectivity index (χ4v) is 6.18. The number of hydrogen-bond donors (Lipinski definition) is 1. The van der Waals surface area contributed by atoms with Gasteiger partial charge in [0.2, 0.25) is 11.8 Å². The van der Waals surface area contributed by atoms with E-state index in [1.807, 2.05) is 36.7 Å². The molecule has 4 heterocycles. The highest BCUT2D eigenvalue weighted by Gasteiger charge is 2.35. The first kappa shape index (κ1) is 28.1. The van der Waals surface area contributed by atoms with Gasteiger partial charge >= 0.3 is 5.97 Å². The number of aliphatic carboxylic acids is 1. The average Bonchev–Trinajstić information content (AvgIpc) is 2.94. The zero-order valence-corrected chi connectivity index (χ0v) is 23.5. The van der Waals surface area contributed by atoms with Crippen molar-refractivity contribution in [1.29, 1.82) is 0 Å². The van der Waals surface area contributed by atoms with Crippen LogP contribution in [-0.2, 0) is 20.8 Å². The molecule has 0 aliphatic carbocycles. The fourth-order valence-electron chi connectivity index (χ4n) is 6.18. The standard InChI is InChI=1S/C31H41N5O4/c1-2-3-4-23-11-16-36(29(38)17-23)26-12-14-34(15-13-26)27-18-32-30(33-19-27)24-8-5-22(6-9-24)7-10-28(37)35-20-25(21-35)31(39)40/h5-6,8-9,18-19,23,25-26H,2-4,7,10-17,20-21H2,1H3,(H,39,40). The maximum atomic E-state index is 12.8. The lowest BCUT2D eigenvalue weighted by molar-refractivity contribution is -0.152. The molecule has 3 aliphatic heterocycles. The number of likely N-dealkylation sites (tertiary alicyclic amines) is 2. The van der Waals surface area contributed by atoms with E-state index in [0.29, 0.717) is 49.6 Å². The van der Waals surface area contributed by atoms with Crippen LogP contribution in [0, 0.1) is 11.8 Å². The molecule has 3 aliphatic rings. The SMILES string of the molecule is CCCCC1CCN(C2CCN(c3cnc(-c4ccc(CCC(=O)N5CC(C(=O)O)C5)cc4)nc3)CC2)C(=O)C1. The van der Waals surface area contributed by atoms with Crippen LogP contribution in [0.2, 0.25) is 0 Å². The Hall–Kier alpha value is -3.49. The van der Waals surface area contributed by atoms with Crippen molar-refractivity contribution in [3.05, 3.63) is 42.2 Å². The van der Waals surface area contributed by atoms with Crippen LogP contribution >= 0.6 is 0 Å². The Morgan fingerprint density at radius 3 is 2.33 bits per heavy atom. The number of carboxylic acids is 1. The van der Waals surface area contributed by atoms with E-state index in [2.05, 4.69) is 26.7 Å². The van der Waals surface area contributed by atoms with E-state index in [1.54, 1.807) is 4.90 Å². The zero-order chi connectivity index (χ0) is 28.1. The number of benzene rings is 1. The highest BCUT2D eigenvalue weighted by molar-refractivity contribution is 5.81. The van der Waals surface area contributed by atoms with Gasteiger partial charge in [-0.2, -0.15) is 0 Å². The van der Waals surface area contributed by atoms with Crippen LogP contribution in [0.5, 0.6) is 0 Å². The van der Waals surface area contributed by atoms with Crippen LogP contribution < -0.4 is 4.90 Å². The summed E-state index contributed by atoms with van der Waals surface area (Å²) in [5.41, 5.74) is 2.99. The first-order valence-electron chi connectivity index (χ1n) is 14.9. The van der Waals surface area contributed by atoms with E-state index < -0.39 is 11.9 Å². The molecular weight excluding hydrogens is 506 g/mol. The first-order valence-corrected chi connectivity index (χ1v) is 14.9. The van der Waals surface area contributed by atoms with Crippen molar-refractivity contribution < 1.29 is 19.5 Å². The lowest BCUT2D eigenvalue weighted by atomic mass is 9.89. The van der Waals surface area contributed by atoms with Gasteiger partial charge in [-0.3, -0.25) is 14.4 Å². The number of aryl methyl sites for hydroxylation is 1. The molecule has 5 rings (SSSR count). The lowest BCUT2D eigenvalue weighted by Gasteiger charge is -2.42. The topological polar surface area (TPSA) is 107 Å². The predicted molar refractivity (Wildman–Crippen MR) is 153 cm³/mol. The number of hydrogen-bond acceptors (Lipinski definition) is 6. The minimum Gasteiger partial charge on any atom is -0.481 e. The summed E-state index contributed by atoms with van der Waals surface area (Å²) in [6.45, 7) is 5.56. The van der Waals surface area contributed by atoms with Crippen LogP contribution in [-0.4, -0.2) is 81.4 Å². The molecule has 3 saturated heterocycles. The monoisotopic (exact) mass is 547 g/mol. The second kappa shape index (κ2) is 12.8. The van der Waals surface area contributed by atoms with E-state index in [-0.39, 0.29) is 5.91 Å². The minimum absolute atomic E-state index is 0.00288. The summed E-state index contributed by atoms with van der Waals surface area (Å²) in [5.74, 6) is 0.337. The highest BCUT2D eigenvalue weighted by atomic mass is 16.4. The van der Waals surface area contributed by atoms with Crippen molar-refractivity contribution >= 4 is 23.5 Å². The molecule has 214 valence electrons. The molecule has 9 nitrogen and oxygen atoms in total. The maximum absolute atomic E-state index is 12.8. The predicted octanol–water partition coefficient (Wildman–Crippen LogP) is 4.02. The number of anilines is 1. The third kappa shape index (κ3) is 6.62. The Morgan fingerprint density at radius 2 is 1.70 bits per heavy atom. The Morgan fingerprint density at radius 1 is 1.00 bits per heavy atom. The first-order chi connectivity index (χ1) is 19.4. The Kier molecular flexibility index (Phi) is 8.97. The van der Waals surface area contributed by atoms with Gasteiger partial charge in [-0.05, 0) is 43.6 Å². The quantitative estimate of drug-likeness (QED) is 0.479. The Labute approximate surface area is 236 Å². The molecule has 1 aromatic carbocycles. The number of nitrogens with zero attached hydrogens (tertiary/aromatic N) is 5. The normalized spacial score (nSPS) is 20.5. The molecule has 0 bridgehead atoms. The summed E-state index contributed by atoms with van der Waals surface area (Å²) >= 11 is 0. The molecule has 9 heteroatoms. The maximum Gasteiger partial charge on any atom is 0.310 e. The highest BCUT2D eigenvalue weighted by Crippen LogP contribution is 2.29. The number of piperidine rings is 2. The van der Waals surface area contributed by atoms with Gasteiger partial charge in [0.05, 0.1) is 24.0 Å². The summed E-state index contributed by atoms with van der Waals surface area (Å²) in [4.78, 5) is 51.3. The van der Waals surface area contributed by atoms with Gasteiger partial charge in [0.25, 0.3) is 0 Å². The second-order valence-electron chi connectivity index (χ2n) is 11.6. The van der Waals surface area contributed by atoms with Crippen molar-refractivity contribution in [1.82, 2.24) is 19.8 Å². The van der Waals surface area contributed by atoms with E-state index in [0.717, 1.165) is 62.1 Å². The summed E-state index contributed by atoms with van der Waals surface area (Å²) in [5, 5.41) is 8.97. The average molecular weight is 548 g/mol. The molecule has 40 heavy (non-hydrogen) atoms. The Bertz CT molecular complexity index is 1170. The largest absolute Gasteiger partial charge is 0.481 e. The molecule has 1 unspecified atom stereocenters. The van der Waals surface area contributed by atoms with Gasteiger partial charge < -0.3 is 19.8 Å².